The van der Waals surface area contributed by atoms with Crippen molar-refractivity contribution in [1.29, 1.82) is 0 Å². The van der Waals surface area contributed by atoms with Crippen LogP contribution in [0, 0.1) is 0 Å². The fourth-order valence-corrected chi connectivity index (χ4v) is 4.58. The minimum absolute atomic E-state index is 0.348. The summed E-state index contributed by atoms with van der Waals surface area (Å²) in [4.78, 5) is 12.1. The van der Waals surface area contributed by atoms with Gasteiger partial charge < -0.3 is 0 Å². The van der Waals surface area contributed by atoms with E-state index in [0.717, 1.165) is 53.0 Å². The maximum absolute atomic E-state index is 6.56. The average molecular weight is 456 g/mol. The van der Waals surface area contributed by atoms with Crippen LogP contribution < -0.4 is 0 Å². The molecule has 162 valence electrons. The molecule has 0 saturated heterocycles. The van der Waals surface area contributed by atoms with Gasteiger partial charge in [0.25, 0.3) is 0 Å². The predicted octanol–water partition coefficient (Wildman–Crippen LogP) is 5.16. The molecule has 1 aliphatic rings. The minimum Gasteiger partial charge on any atom is -0.291 e. The van der Waals surface area contributed by atoms with E-state index in [9.17, 15) is 0 Å². The van der Waals surface area contributed by atoms with Crippen molar-refractivity contribution in [1.82, 2.24) is 19.8 Å². The summed E-state index contributed by atoms with van der Waals surface area (Å²) in [6.07, 6.45) is 0. The predicted molar refractivity (Wildman–Crippen MR) is 126 cm³/mol. The Morgan fingerprint density at radius 2 is 1.87 bits per heavy atom. The Kier molecular flexibility index (Phi) is 7.07. The molecule has 4 rings (SSSR count). The van der Waals surface area contributed by atoms with Gasteiger partial charge in [-0.3, -0.25) is 14.4 Å². The molecule has 2 heterocycles. The van der Waals surface area contributed by atoms with Crippen molar-refractivity contribution in [3.05, 3.63) is 70.3 Å². The summed E-state index contributed by atoms with van der Waals surface area (Å²) in [7, 11) is 0. The maximum Gasteiger partial charge on any atom is 0.165 e. The van der Waals surface area contributed by atoms with Gasteiger partial charge >= 0.3 is 0 Å². The molecule has 0 fully saturated rings. The first-order chi connectivity index (χ1) is 15.2. The van der Waals surface area contributed by atoms with Gasteiger partial charge in [0.2, 0.25) is 0 Å². The summed E-state index contributed by atoms with van der Waals surface area (Å²) in [5.41, 5.74) is 3.81. The van der Waals surface area contributed by atoms with E-state index < -0.39 is 0 Å². The fourth-order valence-electron chi connectivity index (χ4n) is 3.66. The Bertz CT molecular complexity index is 1090. The van der Waals surface area contributed by atoms with E-state index in [1.54, 1.807) is 11.8 Å². The van der Waals surface area contributed by atoms with Crippen LogP contribution in [0.15, 0.2) is 52.4 Å². The standard InChI is InChI=1S/C23H26ClN5OS/c1-4-28(5-2)30-15-22-27-26-21-14-25-23(17-9-7-8-10-19(17)24)18-13-16(31-6-3)11-12-20(18)29(21)22/h7-13H,4-6,14-15H2,1-3H3. The van der Waals surface area contributed by atoms with Crippen molar-refractivity contribution in [2.75, 3.05) is 18.8 Å². The first-order valence-electron chi connectivity index (χ1n) is 10.5. The molecule has 0 atom stereocenters. The number of fused-ring (bicyclic) bond motifs is 3. The lowest BCUT2D eigenvalue weighted by Crippen LogP contribution is -2.24. The highest BCUT2D eigenvalue weighted by Gasteiger charge is 2.24. The molecule has 3 aromatic rings. The Morgan fingerprint density at radius 3 is 2.61 bits per heavy atom. The zero-order valence-corrected chi connectivity index (χ0v) is 19.6. The van der Waals surface area contributed by atoms with Crippen molar-refractivity contribution >= 4 is 29.1 Å². The lowest BCUT2D eigenvalue weighted by atomic mass is 10.0. The molecule has 0 radical (unpaired) electrons. The van der Waals surface area contributed by atoms with Gasteiger partial charge in [0.05, 0.1) is 11.4 Å². The van der Waals surface area contributed by atoms with E-state index in [-0.39, 0.29) is 0 Å². The van der Waals surface area contributed by atoms with Crippen LogP contribution in [0.2, 0.25) is 5.02 Å². The van der Waals surface area contributed by atoms with E-state index >= 15 is 0 Å². The molecule has 0 N–H and O–H groups in total. The molecule has 8 heteroatoms. The van der Waals surface area contributed by atoms with Crippen molar-refractivity contribution in [2.24, 2.45) is 4.99 Å². The zero-order valence-electron chi connectivity index (χ0n) is 18.0. The molecular weight excluding hydrogens is 430 g/mol. The number of aromatic nitrogens is 3. The number of nitrogens with zero attached hydrogens (tertiary/aromatic N) is 5. The molecule has 0 aliphatic carbocycles. The largest absolute Gasteiger partial charge is 0.291 e. The molecule has 0 spiro atoms. The molecule has 0 amide bonds. The van der Waals surface area contributed by atoms with E-state index in [4.69, 9.17) is 21.4 Å². The van der Waals surface area contributed by atoms with Gasteiger partial charge in [-0.1, -0.05) is 50.6 Å². The van der Waals surface area contributed by atoms with Crippen LogP contribution in [-0.4, -0.2) is 44.4 Å². The van der Waals surface area contributed by atoms with Crippen LogP contribution in [0.1, 0.15) is 43.5 Å². The summed E-state index contributed by atoms with van der Waals surface area (Å²) in [5.74, 6) is 2.55. The SMILES string of the molecule is CCSc1ccc2c(c1)C(c1ccccc1Cl)=NCc1nnc(CON(CC)CC)n1-2. The maximum atomic E-state index is 6.56. The molecule has 0 unspecified atom stereocenters. The molecule has 6 nitrogen and oxygen atoms in total. The van der Waals surface area contributed by atoms with E-state index in [0.29, 0.717) is 18.2 Å². The number of rotatable bonds is 8. The second-order valence-corrected chi connectivity index (χ2v) is 8.76. The highest BCUT2D eigenvalue weighted by molar-refractivity contribution is 7.99. The van der Waals surface area contributed by atoms with Gasteiger partial charge in [0, 0.05) is 34.1 Å². The van der Waals surface area contributed by atoms with Crippen molar-refractivity contribution in [2.45, 2.75) is 38.8 Å². The molecule has 1 aliphatic heterocycles. The second kappa shape index (κ2) is 9.96. The number of halogens is 1. The molecule has 2 aromatic carbocycles. The summed E-state index contributed by atoms with van der Waals surface area (Å²) < 4.78 is 2.08. The molecule has 0 saturated carbocycles. The number of hydrogen-bond donors (Lipinski definition) is 0. The molecule has 31 heavy (non-hydrogen) atoms. The number of hydrogen-bond acceptors (Lipinski definition) is 6. The van der Waals surface area contributed by atoms with Gasteiger partial charge in [0.15, 0.2) is 11.6 Å². The topological polar surface area (TPSA) is 55.5 Å². The summed E-state index contributed by atoms with van der Waals surface area (Å²) in [6, 6.07) is 14.3. The van der Waals surface area contributed by atoms with Crippen molar-refractivity contribution in [3.8, 4) is 5.69 Å². The molecular formula is C23H26ClN5OS. The van der Waals surface area contributed by atoms with Gasteiger partial charge in [-0.15, -0.1) is 22.0 Å². The Hall–Kier alpha value is -2.19. The van der Waals surface area contributed by atoms with Gasteiger partial charge in [-0.05, 0) is 30.0 Å². The zero-order chi connectivity index (χ0) is 21.8. The minimum atomic E-state index is 0.348. The number of benzene rings is 2. The van der Waals surface area contributed by atoms with Gasteiger partial charge in [-0.25, -0.2) is 0 Å². The van der Waals surface area contributed by atoms with Gasteiger partial charge in [0.1, 0.15) is 13.2 Å². The van der Waals surface area contributed by atoms with Crippen LogP contribution in [0.3, 0.4) is 0 Å². The molecule has 1 aromatic heterocycles. The first kappa shape index (κ1) is 22.0. The van der Waals surface area contributed by atoms with Crippen LogP contribution in [0.25, 0.3) is 5.69 Å². The fraction of sp³-hybridized carbons (Fsp3) is 0.348. The van der Waals surface area contributed by atoms with Crippen molar-refractivity contribution in [3.63, 3.8) is 0 Å². The monoisotopic (exact) mass is 455 g/mol. The lowest BCUT2D eigenvalue weighted by Gasteiger charge is -2.19. The van der Waals surface area contributed by atoms with E-state index in [2.05, 4.69) is 53.7 Å². The van der Waals surface area contributed by atoms with Crippen LogP contribution >= 0.6 is 23.4 Å². The van der Waals surface area contributed by atoms with Crippen molar-refractivity contribution < 1.29 is 4.84 Å². The third-order valence-electron chi connectivity index (χ3n) is 5.16. The van der Waals surface area contributed by atoms with Gasteiger partial charge in [-0.2, -0.15) is 5.06 Å². The second-order valence-electron chi connectivity index (χ2n) is 7.01. The third-order valence-corrected chi connectivity index (χ3v) is 6.37. The highest BCUT2D eigenvalue weighted by atomic mass is 35.5. The van der Waals surface area contributed by atoms with Crippen LogP contribution in [-0.2, 0) is 18.0 Å². The summed E-state index contributed by atoms with van der Waals surface area (Å²) in [5, 5.41) is 11.4. The summed E-state index contributed by atoms with van der Waals surface area (Å²) in [6.45, 7) is 8.68. The van der Waals surface area contributed by atoms with Crippen LogP contribution in [0.5, 0.6) is 0 Å². The lowest BCUT2D eigenvalue weighted by molar-refractivity contribution is -0.165. The summed E-state index contributed by atoms with van der Waals surface area (Å²) >= 11 is 8.37. The van der Waals surface area contributed by atoms with E-state index in [1.807, 2.05) is 29.3 Å². The Morgan fingerprint density at radius 1 is 1.06 bits per heavy atom. The highest BCUT2D eigenvalue weighted by Crippen LogP contribution is 2.31. The first-order valence-corrected chi connectivity index (χ1v) is 11.9. The quantitative estimate of drug-likeness (QED) is 0.347. The Balaban J connectivity index is 1.82. The van der Waals surface area contributed by atoms with Crippen LogP contribution in [0.4, 0.5) is 0 Å². The number of aliphatic imine (C=N–C) groups is 1. The normalized spacial score (nSPS) is 13.0. The average Bonchev–Trinajstić information content (AvgIpc) is 3.11. The smallest absolute Gasteiger partial charge is 0.165 e. The van der Waals surface area contributed by atoms with E-state index in [1.165, 1.54) is 4.90 Å². The third kappa shape index (κ3) is 4.55. The Labute approximate surface area is 192 Å². The molecule has 0 bridgehead atoms. The number of hydroxylamine groups is 2. The number of thioether (sulfide) groups is 1.